The summed E-state index contributed by atoms with van der Waals surface area (Å²) in [6, 6.07) is 2.41. The van der Waals surface area contributed by atoms with Crippen LogP contribution in [-0.4, -0.2) is 21.8 Å². The van der Waals surface area contributed by atoms with E-state index in [9.17, 15) is 0 Å². The van der Waals surface area contributed by atoms with Crippen molar-refractivity contribution in [3.05, 3.63) is 0 Å². The second kappa shape index (κ2) is 21.8. The van der Waals surface area contributed by atoms with Crippen molar-refractivity contribution in [2.45, 2.75) is 149 Å². The molecule has 0 spiro atoms. The molecule has 0 fully saturated rings. The summed E-state index contributed by atoms with van der Waals surface area (Å²) >= 11 is 0. The highest BCUT2D eigenvalue weighted by atomic mass is 28.4. The average Bonchev–Trinajstić information content (AvgIpc) is 2.69. The SMILES string of the molecule is CCCCCCCCCCCCCCC[Si](CCCCCC)(OCC)OCC. The monoisotopic (exact) mass is 414 g/mol. The van der Waals surface area contributed by atoms with Gasteiger partial charge in [0.1, 0.15) is 0 Å². The molecule has 0 saturated heterocycles. The topological polar surface area (TPSA) is 18.5 Å². The van der Waals surface area contributed by atoms with E-state index in [4.69, 9.17) is 8.85 Å². The Morgan fingerprint density at radius 2 is 0.679 bits per heavy atom. The predicted molar refractivity (Wildman–Crippen MR) is 128 cm³/mol. The molecule has 0 atom stereocenters. The van der Waals surface area contributed by atoms with Crippen molar-refractivity contribution in [1.29, 1.82) is 0 Å². The van der Waals surface area contributed by atoms with Crippen molar-refractivity contribution in [3.63, 3.8) is 0 Å². The Labute approximate surface area is 179 Å². The number of hydrogen-bond acceptors (Lipinski definition) is 2. The zero-order chi connectivity index (χ0) is 20.8. The molecule has 170 valence electrons. The first kappa shape index (κ1) is 28.1. The van der Waals surface area contributed by atoms with E-state index in [-0.39, 0.29) is 0 Å². The number of unbranched alkanes of at least 4 members (excludes halogenated alkanes) is 15. The first-order chi connectivity index (χ1) is 13.7. The van der Waals surface area contributed by atoms with Crippen LogP contribution in [0.15, 0.2) is 0 Å². The summed E-state index contributed by atoms with van der Waals surface area (Å²) in [5.74, 6) is 0. The highest BCUT2D eigenvalue weighted by Gasteiger charge is 2.35. The van der Waals surface area contributed by atoms with E-state index in [1.54, 1.807) is 0 Å². The predicted octanol–water partition coefficient (Wildman–Crippen LogP) is 9.17. The van der Waals surface area contributed by atoms with Gasteiger partial charge in [-0.3, -0.25) is 0 Å². The molecule has 0 aliphatic carbocycles. The van der Waals surface area contributed by atoms with E-state index in [0.717, 1.165) is 13.2 Å². The van der Waals surface area contributed by atoms with Gasteiger partial charge in [-0.25, -0.2) is 0 Å². The van der Waals surface area contributed by atoms with Gasteiger partial charge in [-0.2, -0.15) is 0 Å². The Morgan fingerprint density at radius 1 is 0.393 bits per heavy atom. The molecule has 0 rings (SSSR count). The smallest absolute Gasteiger partial charge is 0.338 e. The summed E-state index contributed by atoms with van der Waals surface area (Å²) in [5.41, 5.74) is 0. The normalized spacial score (nSPS) is 12.0. The fraction of sp³-hybridized carbons (Fsp3) is 1.00. The molecule has 0 radical (unpaired) electrons. The van der Waals surface area contributed by atoms with Crippen LogP contribution in [0.2, 0.25) is 12.1 Å². The maximum Gasteiger partial charge on any atom is 0.338 e. The summed E-state index contributed by atoms with van der Waals surface area (Å²) in [6.07, 6.45) is 23.7. The zero-order valence-corrected chi connectivity index (χ0v) is 21.2. The first-order valence-corrected chi connectivity index (χ1v) is 15.3. The minimum atomic E-state index is -1.95. The van der Waals surface area contributed by atoms with Crippen molar-refractivity contribution in [3.8, 4) is 0 Å². The van der Waals surface area contributed by atoms with E-state index in [2.05, 4.69) is 27.7 Å². The van der Waals surface area contributed by atoms with Crippen LogP contribution in [0.4, 0.5) is 0 Å². The van der Waals surface area contributed by atoms with Gasteiger partial charge < -0.3 is 8.85 Å². The second-order valence-electron chi connectivity index (χ2n) is 8.58. The standard InChI is InChI=1S/C25H54O2Si/c1-5-9-11-13-14-15-16-17-18-19-20-21-23-25-28(26-7-3,27-8-4)24-22-12-10-6-2/h5-25H2,1-4H3. The van der Waals surface area contributed by atoms with Crippen LogP contribution in [0.3, 0.4) is 0 Å². The minimum absolute atomic E-state index is 0.818. The highest BCUT2D eigenvalue weighted by molar-refractivity contribution is 6.67. The summed E-state index contributed by atoms with van der Waals surface area (Å²) in [7, 11) is -1.95. The van der Waals surface area contributed by atoms with Crippen LogP contribution < -0.4 is 0 Å². The largest absolute Gasteiger partial charge is 0.394 e. The summed E-state index contributed by atoms with van der Waals surface area (Å²) in [6.45, 7) is 10.5. The number of hydrogen-bond donors (Lipinski definition) is 0. The molecular weight excluding hydrogens is 360 g/mol. The molecule has 0 bridgehead atoms. The molecule has 0 aliphatic heterocycles. The van der Waals surface area contributed by atoms with Gasteiger partial charge >= 0.3 is 8.56 Å². The molecule has 3 heteroatoms. The lowest BCUT2D eigenvalue weighted by molar-refractivity contribution is 0.180. The molecule has 0 aromatic rings. The van der Waals surface area contributed by atoms with E-state index < -0.39 is 8.56 Å². The van der Waals surface area contributed by atoms with Crippen molar-refractivity contribution in [2.75, 3.05) is 13.2 Å². The third-order valence-electron chi connectivity index (χ3n) is 5.89. The molecular formula is C25H54O2Si. The van der Waals surface area contributed by atoms with Gasteiger partial charge in [0.05, 0.1) is 0 Å². The molecule has 0 aromatic carbocycles. The second-order valence-corrected chi connectivity index (χ2v) is 12.0. The van der Waals surface area contributed by atoms with Gasteiger partial charge in [0.15, 0.2) is 0 Å². The third-order valence-corrected chi connectivity index (χ3v) is 9.75. The Morgan fingerprint density at radius 3 is 1.00 bits per heavy atom. The lowest BCUT2D eigenvalue weighted by Gasteiger charge is -2.30. The van der Waals surface area contributed by atoms with Crippen molar-refractivity contribution >= 4 is 8.56 Å². The third kappa shape index (κ3) is 17.0. The fourth-order valence-electron chi connectivity index (χ4n) is 4.21. The van der Waals surface area contributed by atoms with Crippen LogP contribution in [-0.2, 0) is 8.85 Å². The minimum Gasteiger partial charge on any atom is -0.394 e. The van der Waals surface area contributed by atoms with Gasteiger partial charge in [0.25, 0.3) is 0 Å². The van der Waals surface area contributed by atoms with Crippen LogP contribution in [0.25, 0.3) is 0 Å². The Hall–Kier alpha value is 0.137. The lowest BCUT2D eigenvalue weighted by Crippen LogP contribution is -2.42. The maximum absolute atomic E-state index is 6.27. The van der Waals surface area contributed by atoms with Gasteiger partial charge in [-0.1, -0.05) is 123 Å². The summed E-state index contributed by atoms with van der Waals surface area (Å²) in [4.78, 5) is 0. The van der Waals surface area contributed by atoms with Crippen LogP contribution in [0.5, 0.6) is 0 Å². The first-order valence-electron chi connectivity index (χ1n) is 13.0. The Bertz CT molecular complexity index is 290. The Kier molecular flexibility index (Phi) is 21.9. The average molecular weight is 415 g/mol. The molecule has 28 heavy (non-hydrogen) atoms. The van der Waals surface area contributed by atoms with Crippen LogP contribution >= 0.6 is 0 Å². The highest BCUT2D eigenvalue weighted by Crippen LogP contribution is 2.26. The van der Waals surface area contributed by atoms with E-state index in [1.165, 1.54) is 121 Å². The van der Waals surface area contributed by atoms with E-state index in [0.29, 0.717) is 0 Å². The van der Waals surface area contributed by atoms with Gasteiger partial charge in [0.2, 0.25) is 0 Å². The molecule has 0 amide bonds. The van der Waals surface area contributed by atoms with Gasteiger partial charge in [0, 0.05) is 13.2 Å². The molecule has 0 unspecified atom stereocenters. The van der Waals surface area contributed by atoms with E-state index >= 15 is 0 Å². The van der Waals surface area contributed by atoms with Crippen LogP contribution in [0, 0.1) is 0 Å². The molecule has 0 heterocycles. The molecule has 0 N–H and O–H groups in total. The van der Waals surface area contributed by atoms with Crippen molar-refractivity contribution in [2.24, 2.45) is 0 Å². The maximum atomic E-state index is 6.27. The van der Waals surface area contributed by atoms with E-state index in [1.807, 2.05) is 0 Å². The van der Waals surface area contributed by atoms with Crippen molar-refractivity contribution < 1.29 is 8.85 Å². The van der Waals surface area contributed by atoms with Gasteiger partial charge in [-0.15, -0.1) is 0 Å². The molecule has 0 aromatic heterocycles. The fourth-order valence-corrected chi connectivity index (χ4v) is 7.75. The quantitative estimate of drug-likeness (QED) is 0.122. The number of rotatable bonds is 23. The van der Waals surface area contributed by atoms with Crippen LogP contribution in [0.1, 0.15) is 137 Å². The zero-order valence-electron chi connectivity index (χ0n) is 20.2. The summed E-state index contributed by atoms with van der Waals surface area (Å²) < 4.78 is 12.5. The van der Waals surface area contributed by atoms with Crippen molar-refractivity contribution in [1.82, 2.24) is 0 Å². The molecule has 0 saturated carbocycles. The Balaban J connectivity index is 3.77. The molecule has 0 aliphatic rings. The summed E-state index contributed by atoms with van der Waals surface area (Å²) in [5, 5.41) is 0. The molecule has 2 nitrogen and oxygen atoms in total. The lowest BCUT2D eigenvalue weighted by atomic mass is 10.1. The van der Waals surface area contributed by atoms with Gasteiger partial charge in [-0.05, 0) is 25.9 Å².